The topological polar surface area (TPSA) is 56.5 Å². The predicted molar refractivity (Wildman–Crippen MR) is 86.6 cm³/mol. The van der Waals surface area contributed by atoms with E-state index in [-0.39, 0.29) is 0 Å². The molecule has 1 aromatic carbocycles. The van der Waals surface area contributed by atoms with E-state index in [0.29, 0.717) is 31.4 Å². The third kappa shape index (κ3) is 5.32. The molecule has 1 fully saturated rings. The Labute approximate surface area is 133 Å². The molecule has 22 heavy (non-hydrogen) atoms. The largest absolute Gasteiger partial charge is 0.491 e. The number of aliphatic hydroxyl groups excluding tert-OH is 1. The summed E-state index contributed by atoms with van der Waals surface area (Å²) in [5, 5.41) is 18.8. The van der Waals surface area contributed by atoms with E-state index >= 15 is 0 Å². The van der Waals surface area contributed by atoms with Gasteiger partial charge in [0, 0.05) is 19.6 Å². The molecule has 0 saturated carbocycles. The second-order valence-electron chi connectivity index (χ2n) is 6.61. The maximum Gasteiger partial charge on any atom is 0.119 e. The fourth-order valence-corrected chi connectivity index (χ4v) is 3.28. The van der Waals surface area contributed by atoms with Crippen LogP contribution in [0.1, 0.15) is 25.8 Å². The molecule has 1 aliphatic rings. The lowest BCUT2D eigenvalue weighted by atomic mass is 9.92. The zero-order valence-corrected chi connectivity index (χ0v) is 13.5. The standard InChI is InChI=1S/C18H26N2O2/c1-14-9-15(2)11-20(10-14)12-17(21)13-22-18-5-3-16(4-6-18)7-8-19/h3-6,14-15,17,21H,7,9-13H2,1-2H3. The molecule has 0 amide bonds. The molecule has 4 nitrogen and oxygen atoms in total. The maximum absolute atomic E-state index is 10.2. The molecule has 1 aliphatic heterocycles. The highest BCUT2D eigenvalue weighted by atomic mass is 16.5. The molecule has 1 saturated heterocycles. The predicted octanol–water partition coefficient (Wildman–Crippen LogP) is 2.47. The summed E-state index contributed by atoms with van der Waals surface area (Å²) >= 11 is 0. The molecule has 0 aromatic heterocycles. The van der Waals surface area contributed by atoms with Gasteiger partial charge in [0.05, 0.1) is 12.5 Å². The van der Waals surface area contributed by atoms with Crippen molar-refractivity contribution in [1.82, 2.24) is 4.90 Å². The SMILES string of the molecule is CC1CC(C)CN(CC(O)COc2ccc(CC#N)cc2)C1. The number of hydrogen-bond donors (Lipinski definition) is 1. The molecular weight excluding hydrogens is 276 g/mol. The van der Waals surface area contributed by atoms with Crippen LogP contribution in [-0.4, -0.2) is 42.4 Å². The van der Waals surface area contributed by atoms with Crippen LogP contribution in [0.3, 0.4) is 0 Å². The number of aliphatic hydroxyl groups is 1. The van der Waals surface area contributed by atoms with E-state index in [4.69, 9.17) is 10.00 Å². The van der Waals surface area contributed by atoms with Crippen LogP contribution < -0.4 is 4.74 Å². The molecule has 0 spiro atoms. The smallest absolute Gasteiger partial charge is 0.119 e. The lowest BCUT2D eigenvalue weighted by Gasteiger charge is -2.35. The third-order valence-electron chi connectivity index (χ3n) is 4.06. The number of ether oxygens (including phenoxy) is 1. The minimum atomic E-state index is -0.476. The zero-order valence-electron chi connectivity index (χ0n) is 13.5. The third-order valence-corrected chi connectivity index (χ3v) is 4.06. The zero-order chi connectivity index (χ0) is 15.9. The van der Waals surface area contributed by atoms with Crippen LogP contribution in [0.15, 0.2) is 24.3 Å². The highest BCUT2D eigenvalue weighted by Crippen LogP contribution is 2.21. The Hall–Kier alpha value is -1.57. The van der Waals surface area contributed by atoms with Crippen LogP contribution >= 0.6 is 0 Å². The second kappa shape index (κ2) is 8.17. The number of rotatable bonds is 6. The number of nitrogens with zero attached hydrogens (tertiary/aromatic N) is 2. The van der Waals surface area contributed by atoms with Gasteiger partial charge in [-0.15, -0.1) is 0 Å². The summed E-state index contributed by atoms with van der Waals surface area (Å²) < 4.78 is 5.64. The Kier molecular flexibility index (Phi) is 6.23. The molecule has 1 heterocycles. The van der Waals surface area contributed by atoms with E-state index in [9.17, 15) is 5.11 Å². The van der Waals surface area contributed by atoms with Crippen molar-refractivity contribution in [3.8, 4) is 11.8 Å². The molecule has 2 rings (SSSR count). The first-order valence-electron chi connectivity index (χ1n) is 8.06. The quantitative estimate of drug-likeness (QED) is 0.877. The minimum Gasteiger partial charge on any atom is -0.491 e. The van der Waals surface area contributed by atoms with Crippen LogP contribution in [0.5, 0.6) is 5.75 Å². The molecule has 3 atom stereocenters. The monoisotopic (exact) mass is 302 g/mol. The van der Waals surface area contributed by atoms with Crippen molar-refractivity contribution in [3.63, 3.8) is 0 Å². The van der Waals surface area contributed by atoms with Crippen LogP contribution in [-0.2, 0) is 6.42 Å². The number of likely N-dealkylation sites (tertiary alicyclic amines) is 1. The summed E-state index contributed by atoms with van der Waals surface area (Å²) in [5.41, 5.74) is 0.978. The van der Waals surface area contributed by atoms with Gasteiger partial charge in [-0.3, -0.25) is 0 Å². The van der Waals surface area contributed by atoms with Crippen molar-refractivity contribution in [2.24, 2.45) is 11.8 Å². The molecule has 120 valence electrons. The molecule has 3 unspecified atom stereocenters. The minimum absolute atomic E-state index is 0.302. The lowest BCUT2D eigenvalue weighted by Crippen LogP contribution is -2.43. The molecule has 0 aliphatic carbocycles. The summed E-state index contributed by atoms with van der Waals surface area (Å²) in [6, 6.07) is 9.60. The summed E-state index contributed by atoms with van der Waals surface area (Å²) in [6.45, 7) is 7.63. The summed E-state index contributed by atoms with van der Waals surface area (Å²) in [7, 11) is 0. The van der Waals surface area contributed by atoms with Gasteiger partial charge in [0.25, 0.3) is 0 Å². The Morgan fingerprint density at radius 3 is 2.50 bits per heavy atom. The van der Waals surface area contributed by atoms with E-state index in [2.05, 4.69) is 24.8 Å². The number of benzene rings is 1. The van der Waals surface area contributed by atoms with Crippen LogP contribution in [0.25, 0.3) is 0 Å². The second-order valence-corrected chi connectivity index (χ2v) is 6.61. The number of β-amino-alcohol motifs (C(OH)–C–C–N with tert-alkyl or cyclic N) is 1. The molecular formula is C18H26N2O2. The van der Waals surface area contributed by atoms with Gasteiger partial charge in [-0.25, -0.2) is 0 Å². The van der Waals surface area contributed by atoms with Gasteiger partial charge >= 0.3 is 0 Å². The first-order valence-corrected chi connectivity index (χ1v) is 8.06. The molecule has 0 radical (unpaired) electrons. The van der Waals surface area contributed by atoms with Gasteiger partial charge in [-0.2, -0.15) is 5.26 Å². The highest BCUT2D eigenvalue weighted by molar-refractivity contribution is 5.28. The number of nitriles is 1. The molecule has 0 bridgehead atoms. The molecule has 1 aromatic rings. The maximum atomic E-state index is 10.2. The van der Waals surface area contributed by atoms with E-state index < -0.39 is 6.10 Å². The summed E-state index contributed by atoms with van der Waals surface area (Å²) in [4.78, 5) is 2.34. The first kappa shape index (κ1) is 16.8. The van der Waals surface area contributed by atoms with E-state index in [1.165, 1.54) is 6.42 Å². The molecule has 1 N–H and O–H groups in total. The summed E-state index contributed by atoms with van der Waals surface area (Å²) in [6.07, 6.45) is 1.21. The number of hydrogen-bond acceptors (Lipinski definition) is 4. The average Bonchev–Trinajstić information content (AvgIpc) is 2.46. The van der Waals surface area contributed by atoms with Crippen molar-refractivity contribution >= 4 is 0 Å². The summed E-state index contributed by atoms with van der Waals surface area (Å²) in [5.74, 6) is 2.13. The van der Waals surface area contributed by atoms with Crippen molar-refractivity contribution in [1.29, 1.82) is 5.26 Å². The fourth-order valence-electron chi connectivity index (χ4n) is 3.28. The Bertz CT molecular complexity index is 485. The van der Waals surface area contributed by atoms with Crippen molar-refractivity contribution in [3.05, 3.63) is 29.8 Å². The van der Waals surface area contributed by atoms with Gasteiger partial charge in [0.2, 0.25) is 0 Å². The Balaban J connectivity index is 1.75. The van der Waals surface area contributed by atoms with Crippen LogP contribution in [0.4, 0.5) is 0 Å². The van der Waals surface area contributed by atoms with Gasteiger partial charge < -0.3 is 14.7 Å². The van der Waals surface area contributed by atoms with Crippen molar-refractivity contribution in [2.75, 3.05) is 26.2 Å². The van der Waals surface area contributed by atoms with Gasteiger partial charge in [-0.05, 0) is 36.0 Å². The first-order chi connectivity index (χ1) is 10.6. The molecule has 4 heteroatoms. The Morgan fingerprint density at radius 2 is 1.91 bits per heavy atom. The van der Waals surface area contributed by atoms with E-state index in [1.807, 2.05) is 24.3 Å². The van der Waals surface area contributed by atoms with Crippen molar-refractivity contribution in [2.45, 2.75) is 32.8 Å². The lowest BCUT2D eigenvalue weighted by molar-refractivity contribution is 0.0429. The number of piperidine rings is 1. The van der Waals surface area contributed by atoms with Gasteiger partial charge in [0.15, 0.2) is 0 Å². The fraction of sp³-hybridized carbons (Fsp3) is 0.611. The van der Waals surface area contributed by atoms with Crippen LogP contribution in [0.2, 0.25) is 0 Å². The van der Waals surface area contributed by atoms with Gasteiger partial charge in [0.1, 0.15) is 18.5 Å². The van der Waals surface area contributed by atoms with E-state index in [0.717, 1.165) is 24.4 Å². The van der Waals surface area contributed by atoms with Gasteiger partial charge in [-0.1, -0.05) is 26.0 Å². The van der Waals surface area contributed by atoms with E-state index in [1.54, 1.807) is 0 Å². The highest BCUT2D eigenvalue weighted by Gasteiger charge is 2.23. The Morgan fingerprint density at radius 1 is 1.27 bits per heavy atom. The van der Waals surface area contributed by atoms with Crippen molar-refractivity contribution < 1.29 is 9.84 Å². The average molecular weight is 302 g/mol. The normalized spacial score (nSPS) is 23.7. The van der Waals surface area contributed by atoms with Crippen LogP contribution in [0, 0.1) is 23.2 Å².